The van der Waals surface area contributed by atoms with Gasteiger partial charge in [-0.2, -0.15) is 5.10 Å². The molecular weight excluding hydrogens is 268 g/mol. The highest BCUT2D eigenvalue weighted by Gasteiger charge is 2.27. The van der Waals surface area contributed by atoms with Gasteiger partial charge in [-0.3, -0.25) is 9.58 Å². The van der Waals surface area contributed by atoms with Crippen molar-refractivity contribution in [3.8, 4) is 0 Å². The Morgan fingerprint density at radius 1 is 1.43 bits per heavy atom. The molecule has 2 heterocycles. The topological polar surface area (TPSA) is 76.5 Å². The van der Waals surface area contributed by atoms with E-state index in [2.05, 4.69) is 23.8 Å². The predicted octanol–water partition coefficient (Wildman–Crippen LogP) is 0.942. The monoisotopic (exact) mass is 296 g/mol. The smallest absolute Gasteiger partial charge is 0.0862 e. The highest BCUT2D eigenvalue weighted by atomic mass is 16.5. The van der Waals surface area contributed by atoms with Crippen LogP contribution >= 0.6 is 0 Å². The number of nitrogens with two attached hydrogens (primary N) is 1. The van der Waals surface area contributed by atoms with Crippen molar-refractivity contribution in [3.63, 3.8) is 0 Å². The second-order valence-electron chi connectivity index (χ2n) is 6.08. The Morgan fingerprint density at radius 2 is 2.14 bits per heavy atom. The van der Waals surface area contributed by atoms with E-state index in [1.807, 2.05) is 13.8 Å². The molecule has 1 saturated heterocycles. The van der Waals surface area contributed by atoms with E-state index in [9.17, 15) is 5.11 Å². The van der Waals surface area contributed by atoms with Crippen LogP contribution in [-0.4, -0.2) is 57.7 Å². The van der Waals surface area contributed by atoms with Crippen molar-refractivity contribution in [3.05, 3.63) is 11.4 Å². The third kappa shape index (κ3) is 3.75. The number of nitrogens with zero attached hydrogens (tertiary/aromatic N) is 3. The van der Waals surface area contributed by atoms with Crippen molar-refractivity contribution in [1.82, 2.24) is 14.7 Å². The molecule has 1 aromatic heterocycles. The highest BCUT2D eigenvalue weighted by molar-refractivity contribution is 5.46. The van der Waals surface area contributed by atoms with Crippen molar-refractivity contribution in [1.29, 1.82) is 0 Å². The van der Waals surface area contributed by atoms with Crippen molar-refractivity contribution < 1.29 is 9.84 Å². The molecule has 21 heavy (non-hydrogen) atoms. The van der Waals surface area contributed by atoms with E-state index in [0.29, 0.717) is 24.8 Å². The van der Waals surface area contributed by atoms with Crippen LogP contribution in [0.2, 0.25) is 0 Å². The number of aromatic nitrogens is 2. The first-order valence-electron chi connectivity index (χ1n) is 7.75. The summed E-state index contributed by atoms with van der Waals surface area (Å²) in [6.07, 6.45) is 0.804. The van der Waals surface area contributed by atoms with Crippen LogP contribution in [-0.2, 0) is 11.3 Å². The summed E-state index contributed by atoms with van der Waals surface area (Å²) in [7, 11) is 0. The molecule has 3 unspecified atom stereocenters. The Kier molecular flexibility index (Phi) is 5.24. The molecule has 0 saturated carbocycles. The fraction of sp³-hybridized carbons (Fsp3) is 0.800. The molecule has 120 valence electrons. The van der Waals surface area contributed by atoms with Gasteiger partial charge in [0.2, 0.25) is 0 Å². The van der Waals surface area contributed by atoms with Gasteiger partial charge in [-0.05, 0) is 27.2 Å². The molecule has 1 aliphatic rings. The quantitative estimate of drug-likeness (QED) is 0.846. The molecule has 6 nitrogen and oxygen atoms in total. The van der Waals surface area contributed by atoms with Crippen LogP contribution in [0.3, 0.4) is 0 Å². The number of hydrogen-bond acceptors (Lipinski definition) is 5. The lowest BCUT2D eigenvalue weighted by atomic mass is 10.1. The summed E-state index contributed by atoms with van der Waals surface area (Å²) < 4.78 is 7.50. The predicted molar refractivity (Wildman–Crippen MR) is 83.2 cm³/mol. The third-order valence-corrected chi connectivity index (χ3v) is 4.32. The van der Waals surface area contributed by atoms with Gasteiger partial charge in [-0.15, -0.1) is 0 Å². The van der Waals surface area contributed by atoms with Crippen LogP contribution in [0.25, 0.3) is 0 Å². The summed E-state index contributed by atoms with van der Waals surface area (Å²) in [5, 5.41) is 14.8. The SMILES string of the molecule is CCC1COC(C)CN1CC(O)Cn1nc(C)c(N)c1C. The van der Waals surface area contributed by atoms with E-state index in [-0.39, 0.29) is 6.10 Å². The molecule has 0 aliphatic carbocycles. The van der Waals surface area contributed by atoms with Gasteiger partial charge in [0.05, 0.1) is 42.4 Å². The zero-order valence-corrected chi connectivity index (χ0v) is 13.5. The first-order valence-corrected chi connectivity index (χ1v) is 7.75. The van der Waals surface area contributed by atoms with E-state index in [4.69, 9.17) is 10.5 Å². The molecule has 1 aromatic rings. The molecule has 0 spiro atoms. The van der Waals surface area contributed by atoms with Crippen LogP contribution in [0.5, 0.6) is 0 Å². The molecule has 1 aliphatic heterocycles. The lowest BCUT2D eigenvalue weighted by Crippen LogP contribution is -2.51. The second-order valence-corrected chi connectivity index (χ2v) is 6.08. The number of β-amino-alcohol motifs (C(OH)–C–C–N with tert-alkyl or cyclic N) is 1. The van der Waals surface area contributed by atoms with Gasteiger partial charge >= 0.3 is 0 Å². The number of ether oxygens (including phenoxy) is 1. The molecule has 2 rings (SSSR count). The molecule has 3 atom stereocenters. The molecule has 0 aromatic carbocycles. The second kappa shape index (κ2) is 6.77. The van der Waals surface area contributed by atoms with Crippen LogP contribution in [0, 0.1) is 13.8 Å². The summed E-state index contributed by atoms with van der Waals surface area (Å²) >= 11 is 0. The normalized spacial score (nSPS) is 25.2. The van der Waals surface area contributed by atoms with Gasteiger partial charge < -0.3 is 15.6 Å². The number of aliphatic hydroxyl groups is 1. The molecule has 0 bridgehead atoms. The molecule has 0 radical (unpaired) electrons. The minimum atomic E-state index is -0.457. The Balaban J connectivity index is 1.96. The molecule has 0 amide bonds. The van der Waals surface area contributed by atoms with Gasteiger partial charge in [0.1, 0.15) is 0 Å². The number of anilines is 1. The van der Waals surface area contributed by atoms with Gasteiger partial charge in [-0.25, -0.2) is 0 Å². The number of aliphatic hydroxyl groups excluding tert-OH is 1. The van der Waals surface area contributed by atoms with Gasteiger partial charge in [-0.1, -0.05) is 6.92 Å². The van der Waals surface area contributed by atoms with Crippen molar-refractivity contribution >= 4 is 5.69 Å². The van der Waals surface area contributed by atoms with Gasteiger partial charge in [0.15, 0.2) is 0 Å². The maximum absolute atomic E-state index is 10.4. The van der Waals surface area contributed by atoms with E-state index in [1.54, 1.807) is 4.68 Å². The maximum atomic E-state index is 10.4. The Bertz CT molecular complexity index is 474. The van der Waals surface area contributed by atoms with Crippen molar-refractivity contribution in [2.24, 2.45) is 0 Å². The number of morpholine rings is 1. The first-order chi connectivity index (χ1) is 9.92. The van der Waals surface area contributed by atoms with Crippen molar-refractivity contribution in [2.75, 3.05) is 25.4 Å². The minimum Gasteiger partial charge on any atom is -0.396 e. The van der Waals surface area contributed by atoms with Crippen LogP contribution in [0.1, 0.15) is 31.7 Å². The zero-order chi connectivity index (χ0) is 15.6. The minimum absolute atomic E-state index is 0.226. The van der Waals surface area contributed by atoms with Crippen molar-refractivity contribution in [2.45, 2.75) is 58.9 Å². The Labute approximate surface area is 126 Å². The van der Waals surface area contributed by atoms with E-state index in [0.717, 1.165) is 31.0 Å². The number of aryl methyl sites for hydroxylation is 1. The fourth-order valence-corrected chi connectivity index (χ4v) is 2.93. The first kappa shape index (κ1) is 16.3. The van der Waals surface area contributed by atoms with E-state index in [1.165, 1.54) is 0 Å². The zero-order valence-electron chi connectivity index (χ0n) is 13.5. The van der Waals surface area contributed by atoms with Crippen LogP contribution < -0.4 is 5.73 Å². The van der Waals surface area contributed by atoms with Crippen LogP contribution in [0.15, 0.2) is 0 Å². The van der Waals surface area contributed by atoms with E-state index >= 15 is 0 Å². The summed E-state index contributed by atoms with van der Waals surface area (Å²) in [5.74, 6) is 0. The van der Waals surface area contributed by atoms with E-state index < -0.39 is 6.10 Å². The number of nitrogen functional groups attached to an aromatic ring is 1. The largest absolute Gasteiger partial charge is 0.396 e. The van der Waals surface area contributed by atoms with Crippen LogP contribution in [0.4, 0.5) is 5.69 Å². The summed E-state index contributed by atoms with van der Waals surface area (Å²) in [5.41, 5.74) is 8.40. The number of rotatable bonds is 5. The Hall–Kier alpha value is -1.11. The molecule has 6 heteroatoms. The fourth-order valence-electron chi connectivity index (χ4n) is 2.93. The standard InChI is InChI=1S/C15H28N4O2/c1-5-13-9-21-10(2)6-18(13)7-14(20)8-19-12(4)15(16)11(3)17-19/h10,13-14,20H,5-9,16H2,1-4H3. The third-order valence-electron chi connectivity index (χ3n) is 4.32. The average molecular weight is 296 g/mol. The molecule has 1 fully saturated rings. The maximum Gasteiger partial charge on any atom is 0.0862 e. The molecule has 3 N–H and O–H groups in total. The lowest BCUT2D eigenvalue weighted by Gasteiger charge is -2.39. The summed E-state index contributed by atoms with van der Waals surface area (Å²) in [6.45, 7) is 10.8. The van der Waals surface area contributed by atoms with Gasteiger partial charge in [0, 0.05) is 19.1 Å². The Morgan fingerprint density at radius 3 is 2.71 bits per heavy atom. The lowest BCUT2D eigenvalue weighted by molar-refractivity contribution is -0.0692. The average Bonchev–Trinajstić information content (AvgIpc) is 2.66. The summed E-state index contributed by atoms with van der Waals surface area (Å²) in [4.78, 5) is 2.33. The van der Waals surface area contributed by atoms with Gasteiger partial charge in [0.25, 0.3) is 0 Å². The number of hydrogen-bond donors (Lipinski definition) is 2. The highest BCUT2D eigenvalue weighted by Crippen LogP contribution is 2.17. The summed E-state index contributed by atoms with van der Waals surface area (Å²) in [6, 6.07) is 0.390. The molecular formula is C15H28N4O2.